The molecule has 0 aromatic rings. The van der Waals surface area contributed by atoms with Gasteiger partial charge in [0.1, 0.15) is 5.78 Å². The topological polar surface area (TPSA) is 54.4 Å². The molecular weight excluding hydrogens is 228 g/mol. The second-order valence-electron chi connectivity index (χ2n) is 6.31. The highest BCUT2D eigenvalue weighted by atomic mass is 16.4. The van der Waals surface area contributed by atoms with Crippen LogP contribution in [0.5, 0.6) is 0 Å². The van der Waals surface area contributed by atoms with Crippen molar-refractivity contribution in [2.24, 2.45) is 23.2 Å². The number of hydrogen-bond donors (Lipinski definition) is 1. The Hall–Kier alpha value is -1.12. The SMILES string of the molecule is CC(C)C1CCC(=O)C2(C)CCC(C(=O)O)=CC12. The van der Waals surface area contributed by atoms with E-state index >= 15 is 0 Å². The molecular formula is C15H22O3. The number of allylic oxidation sites excluding steroid dienone is 1. The number of aliphatic carboxylic acids is 1. The zero-order valence-electron chi connectivity index (χ0n) is 11.4. The zero-order chi connectivity index (χ0) is 13.5. The van der Waals surface area contributed by atoms with Crippen LogP contribution in [0.1, 0.15) is 46.5 Å². The molecule has 3 heteroatoms. The highest BCUT2D eigenvalue weighted by Crippen LogP contribution is 2.51. The van der Waals surface area contributed by atoms with E-state index in [1.807, 2.05) is 13.0 Å². The first kappa shape index (κ1) is 13.3. The fourth-order valence-corrected chi connectivity index (χ4v) is 3.66. The Morgan fingerprint density at radius 2 is 2.11 bits per heavy atom. The summed E-state index contributed by atoms with van der Waals surface area (Å²) in [4.78, 5) is 23.4. The molecule has 0 radical (unpaired) electrons. The molecule has 3 unspecified atom stereocenters. The van der Waals surface area contributed by atoms with Crippen LogP contribution >= 0.6 is 0 Å². The number of Topliss-reactive ketones (excluding diaryl/α,β-unsaturated/α-hetero) is 1. The summed E-state index contributed by atoms with van der Waals surface area (Å²) >= 11 is 0. The van der Waals surface area contributed by atoms with Gasteiger partial charge in [0, 0.05) is 17.4 Å². The van der Waals surface area contributed by atoms with Gasteiger partial charge in [0.2, 0.25) is 0 Å². The number of carbonyl (C=O) groups excluding carboxylic acids is 1. The van der Waals surface area contributed by atoms with Crippen LogP contribution in [-0.2, 0) is 9.59 Å². The predicted octanol–water partition coefficient (Wildman–Crippen LogP) is 3.05. The van der Waals surface area contributed by atoms with Crippen molar-refractivity contribution in [3.05, 3.63) is 11.6 Å². The molecule has 18 heavy (non-hydrogen) atoms. The molecule has 1 N–H and O–H groups in total. The summed E-state index contributed by atoms with van der Waals surface area (Å²) in [5.74, 6) is 0.537. The molecule has 0 aromatic heterocycles. The van der Waals surface area contributed by atoms with Crippen LogP contribution in [0.25, 0.3) is 0 Å². The van der Waals surface area contributed by atoms with Gasteiger partial charge in [-0.25, -0.2) is 4.79 Å². The van der Waals surface area contributed by atoms with Gasteiger partial charge in [-0.3, -0.25) is 4.79 Å². The van der Waals surface area contributed by atoms with Crippen molar-refractivity contribution in [2.45, 2.75) is 46.5 Å². The van der Waals surface area contributed by atoms with Gasteiger partial charge in [-0.15, -0.1) is 0 Å². The lowest BCUT2D eigenvalue weighted by molar-refractivity contribution is -0.139. The van der Waals surface area contributed by atoms with Crippen molar-refractivity contribution >= 4 is 11.8 Å². The summed E-state index contributed by atoms with van der Waals surface area (Å²) in [5, 5.41) is 9.15. The minimum Gasteiger partial charge on any atom is -0.478 e. The maximum absolute atomic E-state index is 12.2. The molecule has 0 bridgehead atoms. The molecule has 100 valence electrons. The Morgan fingerprint density at radius 1 is 1.44 bits per heavy atom. The second kappa shape index (κ2) is 4.52. The van der Waals surface area contributed by atoms with Gasteiger partial charge in [-0.1, -0.05) is 26.8 Å². The first-order chi connectivity index (χ1) is 8.36. The van der Waals surface area contributed by atoms with Gasteiger partial charge >= 0.3 is 5.97 Å². The van der Waals surface area contributed by atoms with Crippen molar-refractivity contribution < 1.29 is 14.7 Å². The third-order valence-electron chi connectivity index (χ3n) is 4.96. The van der Waals surface area contributed by atoms with Crippen molar-refractivity contribution in [1.82, 2.24) is 0 Å². The standard InChI is InChI=1S/C15H22O3/c1-9(2)11-4-5-13(16)15(3)7-6-10(14(17)18)8-12(11)15/h8-9,11-12H,4-7H2,1-3H3,(H,17,18). The zero-order valence-corrected chi connectivity index (χ0v) is 11.4. The molecule has 0 amide bonds. The molecule has 0 aromatic carbocycles. The highest BCUT2D eigenvalue weighted by Gasteiger charge is 2.49. The Labute approximate surface area is 108 Å². The predicted molar refractivity (Wildman–Crippen MR) is 69.1 cm³/mol. The summed E-state index contributed by atoms with van der Waals surface area (Å²) < 4.78 is 0. The number of hydrogen-bond acceptors (Lipinski definition) is 2. The Balaban J connectivity index is 2.40. The first-order valence-electron chi connectivity index (χ1n) is 6.83. The van der Waals surface area contributed by atoms with E-state index in [1.54, 1.807) is 0 Å². The van der Waals surface area contributed by atoms with Gasteiger partial charge in [-0.2, -0.15) is 0 Å². The molecule has 2 aliphatic carbocycles. The maximum atomic E-state index is 12.2. The summed E-state index contributed by atoms with van der Waals surface area (Å²) in [6.45, 7) is 6.37. The number of carboxylic acids is 1. The van der Waals surface area contributed by atoms with Crippen LogP contribution in [0.2, 0.25) is 0 Å². The monoisotopic (exact) mass is 250 g/mol. The molecule has 0 spiro atoms. The molecule has 1 fully saturated rings. The quantitative estimate of drug-likeness (QED) is 0.819. The van der Waals surface area contributed by atoms with Crippen LogP contribution < -0.4 is 0 Å². The van der Waals surface area contributed by atoms with Crippen LogP contribution in [-0.4, -0.2) is 16.9 Å². The van der Waals surface area contributed by atoms with Gasteiger partial charge in [0.05, 0.1) is 0 Å². The fraction of sp³-hybridized carbons (Fsp3) is 0.733. The van der Waals surface area contributed by atoms with E-state index in [-0.39, 0.29) is 11.3 Å². The van der Waals surface area contributed by atoms with E-state index in [0.717, 1.165) is 6.42 Å². The molecule has 0 heterocycles. The summed E-state index contributed by atoms with van der Waals surface area (Å²) in [7, 11) is 0. The summed E-state index contributed by atoms with van der Waals surface area (Å²) in [6, 6.07) is 0. The van der Waals surface area contributed by atoms with E-state index in [2.05, 4.69) is 13.8 Å². The van der Waals surface area contributed by atoms with E-state index in [1.165, 1.54) is 0 Å². The van der Waals surface area contributed by atoms with Crippen molar-refractivity contribution in [1.29, 1.82) is 0 Å². The number of fused-ring (bicyclic) bond motifs is 1. The lowest BCUT2D eigenvalue weighted by atomic mass is 9.55. The van der Waals surface area contributed by atoms with Crippen LogP contribution in [0, 0.1) is 23.2 Å². The lowest BCUT2D eigenvalue weighted by Crippen LogP contribution is -2.46. The van der Waals surface area contributed by atoms with E-state index in [9.17, 15) is 9.59 Å². The minimum atomic E-state index is -0.822. The highest BCUT2D eigenvalue weighted by molar-refractivity contribution is 5.90. The smallest absolute Gasteiger partial charge is 0.331 e. The Kier molecular flexibility index (Phi) is 3.35. The largest absolute Gasteiger partial charge is 0.478 e. The molecule has 1 saturated carbocycles. The molecule has 2 aliphatic rings. The van der Waals surface area contributed by atoms with E-state index < -0.39 is 5.97 Å². The fourth-order valence-electron chi connectivity index (χ4n) is 3.66. The van der Waals surface area contributed by atoms with Crippen LogP contribution in [0.4, 0.5) is 0 Å². The number of carbonyl (C=O) groups is 2. The molecule has 0 saturated heterocycles. The Bertz CT molecular complexity index is 408. The second-order valence-corrected chi connectivity index (χ2v) is 6.31. The number of carboxylic acid groups (broad SMARTS) is 1. The lowest BCUT2D eigenvalue weighted by Gasteiger charge is -2.47. The third-order valence-corrected chi connectivity index (χ3v) is 4.96. The average Bonchev–Trinajstić information content (AvgIpc) is 2.29. The van der Waals surface area contributed by atoms with Crippen molar-refractivity contribution in [2.75, 3.05) is 0 Å². The normalized spacial score (nSPS) is 36.2. The maximum Gasteiger partial charge on any atom is 0.331 e. The van der Waals surface area contributed by atoms with E-state index in [4.69, 9.17) is 5.11 Å². The first-order valence-corrected chi connectivity index (χ1v) is 6.83. The number of rotatable bonds is 2. The summed E-state index contributed by atoms with van der Waals surface area (Å²) in [6.07, 6.45) is 4.66. The van der Waals surface area contributed by atoms with Crippen LogP contribution in [0.15, 0.2) is 11.6 Å². The third kappa shape index (κ3) is 2.00. The van der Waals surface area contributed by atoms with Crippen molar-refractivity contribution in [3.63, 3.8) is 0 Å². The summed E-state index contributed by atoms with van der Waals surface area (Å²) in [5.41, 5.74) is 0.171. The molecule has 3 nitrogen and oxygen atoms in total. The number of ketones is 1. The van der Waals surface area contributed by atoms with Gasteiger partial charge < -0.3 is 5.11 Å². The van der Waals surface area contributed by atoms with Gasteiger partial charge in [0.25, 0.3) is 0 Å². The van der Waals surface area contributed by atoms with Gasteiger partial charge in [-0.05, 0) is 37.0 Å². The Morgan fingerprint density at radius 3 is 2.67 bits per heavy atom. The molecule has 3 atom stereocenters. The molecule has 2 rings (SSSR count). The average molecular weight is 250 g/mol. The molecule has 0 aliphatic heterocycles. The van der Waals surface area contributed by atoms with E-state index in [0.29, 0.717) is 42.5 Å². The van der Waals surface area contributed by atoms with Crippen molar-refractivity contribution in [3.8, 4) is 0 Å². The van der Waals surface area contributed by atoms with Crippen LogP contribution in [0.3, 0.4) is 0 Å². The minimum absolute atomic E-state index is 0.110. The van der Waals surface area contributed by atoms with Gasteiger partial charge in [0.15, 0.2) is 0 Å².